The largest absolute Gasteiger partial charge is 0.304 e. The summed E-state index contributed by atoms with van der Waals surface area (Å²) in [5.74, 6) is 4.98. The van der Waals surface area contributed by atoms with Crippen molar-refractivity contribution in [3.8, 4) is 0 Å². The summed E-state index contributed by atoms with van der Waals surface area (Å²) in [6.07, 6.45) is 0.817. The van der Waals surface area contributed by atoms with Gasteiger partial charge in [0.2, 0.25) is 0 Å². The van der Waals surface area contributed by atoms with Gasteiger partial charge in [-0.2, -0.15) is 0 Å². The van der Waals surface area contributed by atoms with Crippen molar-refractivity contribution < 1.29 is 4.84 Å². The minimum absolute atomic E-state index is 0.538. The fourth-order valence-corrected chi connectivity index (χ4v) is 2.04. The van der Waals surface area contributed by atoms with Crippen LogP contribution in [0.25, 0.3) is 10.2 Å². The molecule has 0 aliphatic carbocycles. The number of rotatable bonds is 3. The van der Waals surface area contributed by atoms with Gasteiger partial charge in [0.05, 0.1) is 22.3 Å². The van der Waals surface area contributed by atoms with Crippen LogP contribution in [0.5, 0.6) is 0 Å². The second-order valence-corrected chi connectivity index (χ2v) is 3.62. The molecule has 1 aromatic heterocycles. The highest BCUT2D eigenvalue weighted by molar-refractivity contribution is 7.16. The van der Waals surface area contributed by atoms with E-state index in [-0.39, 0.29) is 0 Å². The molecule has 2 N–H and O–H groups in total. The minimum atomic E-state index is 0.538. The molecule has 0 radical (unpaired) electrons. The minimum Gasteiger partial charge on any atom is -0.304 e. The summed E-state index contributed by atoms with van der Waals surface area (Å²) in [5, 5.41) is 0. The summed E-state index contributed by atoms with van der Waals surface area (Å²) in [6, 6.07) is 6.16. The molecule has 0 fully saturated rings. The molecular formula is C9H10N2OS. The summed E-state index contributed by atoms with van der Waals surface area (Å²) in [6.45, 7) is 0.538. The van der Waals surface area contributed by atoms with Gasteiger partial charge in [0.15, 0.2) is 0 Å². The number of para-hydroxylation sites is 1. The number of nitrogens with two attached hydrogens (primary N) is 1. The molecule has 2 aromatic rings. The molecule has 0 amide bonds. The standard InChI is InChI=1S/C9H10N2OS/c10-12-5-4-7-2-1-3-8-9(7)11-6-13-8/h1-3,6H,4-5,10H2. The zero-order chi connectivity index (χ0) is 9.10. The van der Waals surface area contributed by atoms with Gasteiger partial charge in [-0.3, -0.25) is 0 Å². The lowest BCUT2D eigenvalue weighted by atomic mass is 10.1. The quantitative estimate of drug-likeness (QED) is 0.757. The predicted octanol–water partition coefficient (Wildman–Crippen LogP) is 1.73. The van der Waals surface area contributed by atoms with Gasteiger partial charge >= 0.3 is 0 Å². The van der Waals surface area contributed by atoms with E-state index >= 15 is 0 Å². The Kier molecular flexibility index (Phi) is 2.54. The highest BCUT2D eigenvalue weighted by atomic mass is 32.1. The van der Waals surface area contributed by atoms with E-state index in [1.165, 1.54) is 10.3 Å². The normalized spacial score (nSPS) is 10.8. The van der Waals surface area contributed by atoms with Crippen molar-refractivity contribution in [1.29, 1.82) is 0 Å². The third kappa shape index (κ3) is 1.70. The van der Waals surface area contributed by atoms with Crippen molar-refractivity contribution in [2.24, 2.45) is 5.90 Å². The van der Waals surface area contributed by atoms with Gasteiger partial charge in [0.25, 0.3) is 0 Å². The molecule has 1 aromatic carbocycles. The number of nitrogens with zero attached hydrogens (tertiary/aromatic N) is 1. The van der Waals surface area contributed by atoms with Crippen LogP contribution in [0.15, 0.2) is 23.7 Å². The van der Waals surface area contributed by atoms with Crippen molar-refractivity contribution >= 4 is 21.6 Å². The van der Waals surface area contributed by atoms with Crippen LogP contribution in [0.3, 0.4) is 0 Å². The molecule has 3 nitrogen and oxygen atoms in total. The fourth-order valence-electron chi connectivity index (χ4n) is 1.32. The lowest BCUT2D eigenvalue weighted by molar-refractivity contribution is 0.141. The Bertz CT molecular complexity index is 399. The first-order chi connectivity index (χ1) is 6.42. The van der Waals surface area contributed by atoms with Crippen molar-refractivity contribution in [3.63, 3.8) is 0 Å². The van der Waals surface area contributed by atoms with E-state index in [1.807, 2.05) is 11.6 Å². The molecule has 13 heavy (non-hydrogen) atoms. The van der Waals surface area contributed by atoms with Crippen LogP contribution in [0, 0.1) is 0 Å². The molecule has 0 bridgehead atoms. The van der Waals surface area contributed by atoms with Gasteiger partial charge < -0.3 is 4.84 Å². The zero-order valence-corrected chi connectivity index (χ0v) is 7.88. The fraction of sp³-hybridized carbons (Fsp3) is 0.222. The number of fused-ring (bicyclic) bond motifs is 1. The van der Waals surface area contributed by atoms with Gasteiger partial charge in [-0.1, -0.05) is 12.1 Å². The van der Waals surface area contributed by atoms with E-state index in [0.717, 1.165) is 11.9 Å². The lowest BCUT2D eigenvalue weighted by Gasteiger charge is -1.99. The van der Waals surface area contributed by atoms with E-state index in [2.05, 4.69) is 22.0 Å². The Balaban J connectivity index is 2.37. The van der Waals surface area contributed by atoms with Crippen LogP contribution < -0.4 is 5.90 Å². The van der Waals surface area contributed by atoms with Gasteiger partial charge in [-0.15, -0.1) is 11.3 Å². The summed E-state index contributed by atoms with van der Waals surface area (Å²) in [7, 11) is 0. The first-order valence-corrected chi connectivity index (χ1v) is 4.92. The van der Waals surface area contributed by atoms with Gasteiger partial charge in [0.1, 0.15) is 0 Å². The van der Waals surface area contributed by atoms with Crippen LogP contribution >= 0.6 is 11.3 Å². The molecule has 0 aliphatic heterocycles. The molecule has 0 spiro atoms. The third-order valence-corrected chi connectivity index (χ3v) is 2.73. The topological polar surface area (TPSA) is 48.1 Å². The first-order valence-electron chi connectivity index (χ1n) is 4.04. The average molecular weight is 194 g/mol. The maximum Gasteiger partial charge on any atom is 0.0844 e. The Hall–Kier alpha value is -0.970. The second kappa shape index (κ2) is 3.83. The van der Waals surface area contributed by atoms with Crippen molar-refractivity contribution in [2.45, 2.75) is 6.42 Å². The van der Waals surface area contributed by atoms with Crippen LogP contribution in [-0.4, -0.2) is 11.6 Å². The van der Waals surface area contributed by atoms with E-state index in [9.17, 15) is 0 Å². The number of hydrogen-bond donors (Lipinski definition) is 1. The van der Waals surface area contributed by atoms with Crippen molar-refractivity contribution in [3.05, 3.63) is 29.3 Å². The maximum absolute atomic E-state index is 4.98. The third-order valence-electron chi connectivity index (χ3n) is 1.93. The molecule has 68 valence electrons. The van der Waals surface area contributed by atoms with Crippen LogP contribution in [-0.2, 0) is 11.3 Å². The molecule has 4 heteroatoms. The van der Waals surface area contributed by atoms with Crippen LogP contribution in [0.4, 0.5) is 0 Å². The summed E-state index contributed by atoms with van der Waals surface area (Å²) < 4.78 is 1.22. The molecule has 2 rings (SSSR count). The molecule has 0 saturated carbocycles. The highest BCUT2D eigenvalue weighted by Gasteiger charge is 2.02. The Morgan fingerprint density at radius 3 is 3.23 bits per heavy atom. The van der Waals surface area contributed by atoms with Gasteiger partial charge in [-0.05, 0) is 18.1 Å². The zero-order valence-electron chi connectivity index (χ0n) is 7.06. The smallest absolute Gasteiger partial charge is 0.0844 e. The van der Waals surface area contributed by atoms with Gasteiger partial charge in [-0.25, -0.2) is 10.9 Å². The first kappa shape index (κ1) is 8.62. The van der Waals surface area contributed by atoms with Gasteiger partial charge in [0, 0.05) is 0 Å². The average Bonchev–Trinajstić information content (AvgIpc) is 2.62. The Labute approximate surface area is 80.1 Å². The van der Waals surface area contributed by atoms with E-state index in [0.29, 0.717) is 6.61 Å². The predicted molar refractivity (Wildman–Crippen MR) is 53.5 cm³/mol. The van der Waals surface area contributed by atoms with E-state index in [1.54, 1.807) is 11.3 Å². The summed E-state index contributed by atoms with van der Waals surface area (Å²) >= 11 is 1.65. The summed E-state index contributed by atoms with van der Waals surface area (Å²) in [4.78, 5) is 8.84. The molecule has 0 aliphatic rings. The molecule has 1 heterocycles. The molecule has 0 saturated heterocycles. The second-order valence-electron chi connectivity index (χ2n) is 2.74. The Morgan fingerprint density at radius 2 is 2.38 bits per heavy atom. The maximum atomic E-state index is 4.98. The van der Waals surface area contributed by atoms with E-state index in [4.69, 9.17) is 5.90 Å². The number of thiazole rings is 1. The lowest BCUT2D eigenvalue weighted by Crippen LogP contribution is -2.03. The highest BCUT2D eigenvalue weighted by Crippen LogP contribution is 2.21. The SMILES string of the molecule is NOCCc1cccc2scnc12. The number of benzene rings is 1. The molecule has 0 atom stereocenters. The van der Waals surface area contributed by atoms with E-state index < -0.39 is 0 Å². The van der Waals surface area contributed by atoms with Crippen LogP contribution in [0.2, 0.25) is 0 Å². The number of aromatic nitrogens is 1. The molecular weight excluding hydrogens is 184 g/mol. The van der Waals surface area contributed by atoms with Crippen LogP contribution in [0.1, 0.15) is 5.56 Å². The monoisotopic (exact) mass is 194 g/mol. The number of hydrogen-bond acceptors (Lipinski definition) is 4. The molecule has 0 unspecified atom stereocenters. The Morgan fingerprint density at radius 1 is 1.46 bits per heavy atom. The van der Waals surface area contributed by atoms with Crippen molar-refractivity contribution in [2.75, 3.05) is 6.61 Å². The van der Waals surface area contributed by atoms with Crippen molar-refractivity contribution in [1.82, 2.24) is 4.98 Å². The summed E-state index contributed by atoms with van der Waals surface area (Å²) in [5.41, 5.74) is 4.13.